The van der Waals surface area contributed by atoms with Gasteiger partial charge in [0.05, 0.1) is 12.7 Å². The Kier molecular flexibility index (Phi) is 5.82. The molecule has 1 unspecified atom stereocenters. The topological polar surface area (TPSA) is 72.9 Å². The van der Waals surface area contributed by atoms with Crippen molar-refractivity contribution < 1.29 is 22.7 Å². The number of benzene rings is 2. The van der Waals surface area contributed by atoms with E-state index in [4.69, 9.17) is 9.47 Å². The van der Waals surface area contributed by atoms with E-state index in [1.807, 2.05) is 13.0 Å². The number of carbonyl (C=O) groups excluding carboxylic acids is 1. The van der Waals surface area contributed by atoms with Crippen molar-refractivity contribution in [1.29, 1.82) is 0 Å². The van der Waals surface area contributed by atoms with Gasteiger partial charge in [0.25, 0.3) is 0 Å². The Bertz CT molecular complexity index is 911. The Balaban J connectivity index is 1.95. The van der Waals surface area contributed by atoms with Crippen molar-refractivity contribution in [3.8, 4) is 11.5 Å². The van der Waals surface area contributed by atoms with Crippen LogP contribution in [0.3, 0.4) is 0 Å². The minimum absolute atomic E-state index is 0.0127. The molecule has 3 rings (SSSR count). The molecule has 0 saturated carbocycles. The summed E-state index contributed by atoms with van der Waals surface area (Å²) < 4.78 is 38.5. The monoisotopic (exact) mass is 389 g/mol. The molecule has 2 aromatic rings. The number of hydrogen-bond donors (Lipinski definition) is 0. The predicted molar refractivity (Wildman–Crippen MR) is 102 cm³/mol. The number of para-hydroxylation sites is 1. The highest BCUT2D eigenvalue weighted by Gasteiger charge is 2.33. The third-order valence-electron chi connectivity index (χ3n) is 4.68. The minimum Gasteiger partial charge on any atom is -0.495 e. The van der Waals surface area contributed by atoms with Gasteiger partial charge in [0, 0.05) is 12.6 Å². The number of sulfonamides is 1. The van der Waals surface area contributed by atoms with Gasteiger partial charge in [-0.25, -0.2) is 13.2 Å². The molecule has 1 aliphatic heterocycles. The largest absolute Gasteiger partial charge is 0.495 e. The van der Waals surface area contributed by atoms with Crippen LogP contribution in [0.1, 0.15) is 36.5 Å². The van der Waals surface area contributed by atoms with E-state index in [0.29, 0.717) is 12.3 Å². The number of nitrogens with zero attached hydrogens (tertiary/aromatic N) is 1. The smallest absolute Gasteiger partial charge is 0.343 e. The minimum atomic E-state index is -3.78. The fourth-order valence-electron chi connectivity index (χ4n) is 3.21. The van der Waals surface area contributed by atoms with E-state index >= 15 is 0 Å². The van der Waals surface area contributed by atoms with Gasteiger partial charge in [-0.2, -0.15) is 4.31 Å². The van der Waals surface area contributed by atoms with E-state index in [2.05, 4.69) is 0 Å². The van der Waals surface area contributed by atoms with Gasteiger partial charge in [0.1, 0.15) is 16.4 Å². The molecule has 1 heterocycles. The highest BCUT2D eigenvalue weighted by molar-refractivity contribution is 7.89. The van der Waals surface area contributed by atoms with Crippen LogP contribution >= 0.6 is 0 Å². The van der Waals surface area contributed by atoms with Gasteiger partial charge in [0.15, 0.2) is 0 Å². The van der Waals surface area contributed by atoms with E-state index in [1.165, 1.54) is 29.6 Å². The van der Waals surface area contributed by atoms with Crippen molar-refractivity contribution in [2.45, 2.75) is 37.1 Å². The first-order valence-electron chi connectivity index (χ1n) is 8.90. The maximum absolute atomic E-state index is 13.2. The molecular weight excluding hydrogens is 366 g/mol. The van der Waals surface area contributed by atoms with Crippen LogP contribution in [0.2, 0.25) is 0 Å². The fourth-order valence-corrected chi connectivity index (χ4v) is 5.10. The second-order valence-electron chi connectivity index (χ2n) is 6.53. The summed E-state index contributed by atoms with van der Waals surface area (Å²) in [6.45, 7) is 2.36. The Morgan fingerprint density at radius 2 is 1.85 bits per heavy atom. The lowest BCUT2D eigenvalue weighted by Gasteiger charge is -2.32. The number of carbonyl (C=O) groups is 1. The van der Waals surface area contributed by atoms with E-state index in [-0.39, 0.29) is 22.3 Å². The second-order valence-corrected chi connectivity index (χ2v) is 8.39. The first-order valence-corrected chi connectivity index (χ1v) is 10.3. The first kappa shape index (κ1) is 19.4. The summed E-state index contributed by atoms with van der Waals surface area (Å²) in [5.74, 6) is -0.0107. The zero-order valence-corrected chi connectivity index (χ0v) is 16.2. The van der Waals surface area contributed by atoms with Gasteiger partial charge >= 0.3 is 5.97 Å². The lowest BCUT2D eigenvalue weighted by atomic mass is 10.1. The highest BCUT2D eigenvalue weighted by Crippen LogP contribution is 2.32. The quantitative estimate of drug-likeness (QED) is 0.578. The van der Waals surface area contributed by atoms with Crippen molar-refractivity contribution in [3.63, 3.8) is 0 Å². The summed E-state index contributed by atoms with van der Waals surface area (Å²) in [6.07, 6.45) is 2.65. The molecule has 0 aliphatic carbocycles. The average molecular weight is 389 g/mol. The SMILES string of the molecule is COc1ccc(C(=O)Oc2ccccc2)cc1S(=O)(=O)N1CCCCC1C. The molecule has 1 atom stereocenters. The molecule has 144 valence electrons. The van der Waals surface area contributed by atoms with Crippen LogP contribution in [0.5, 0.6) is 11.5 Å². The maximum atomic E-state index is 13.2. The van der Waals surface area contributed by atoms with Gasteiger partial charge in [-0.05, 0) is 50.1 Å². The fraction of sp³-hybridized carbons (Fsp3) is 0.350. The first-order chi connectivity index (χ1) is 12.9. The highest BCUT2D eigenvalue weighted by atomic mass is 32.2. The average Bonchev–Trinajstić information content (AvgIpc) is 2.68. The Morgan fingerprint density at radius 1 is 1.11 bits per heavy atom. The Labute approximate surface area is 159 Å². The van der Waals surface area contributed by atoms with Gasteiger partial charge in [-0.1, -0.05) is 24.6 Å². The normalized spacial score (nSPS) is 18.1. The molecule has 0 amide bonds. The van der Waals surface area contributed by atoms with E-state index < -0.39 is 16.0 Å². The third-order valence-corrected chi connectivity index (χ3v) is 6.72. The van der Waals surface area contributed by atoms with Crippen LogP contribution in [-0.4, -0.2) is 38.4 Å². The van der Waals surface area contributed by atoms with Crippen LogP contribution in [0.25, 0.3) is 0 Å². The van der Waals surface area contributed by atoms with E-state index in [0.717, 1.165) is 19.3 Å². The van der Waals surface area contributed by atoms with Gasteiger partial charge in [-0.3, -0.25) is 0 Å². The van der Waals surface area contributed by atoms with Crippen LogP contribution < -0.4 is 9.47 Å². The number of esters is 1. The van der Waals surface area contributed by atoms with Crippen LogP contribution in [0, 0.1) is 0 Å². The Morgan fingerprint density at radius 3 is 2.52 bits per heavy atom. The molecule has 0 N–H and O–H groups in total. The molecule has 1 aliphatic rings. The molecular formula is C20H23NO5S. The molecule has 2 aromatic carbocycles. The number of ether oxygens (including phenoxy) is 2. The molecule has 27 heavy (non-hydrogen) atoms. The number of piperidine rings is 1. The zero-order valence-electron chi connectivity index (χ0n) is 15.4. The lowest BCUT2D eigenvalue weighted by Crippen LogP contribution is -2.42. The summed E-state index contributed by atoms with van der Waals surface area (Å²) >= 11 is 0. The summed E-state index contributed by atoms with van der Waals surface area (Å²) in [5, 5.41) is 0. The van der Waals surface area contributed by atoms with Crippen LogP contribution in [-0.2, 0) is 10.0 Å². The van der Waals surface area contributed by atoms with Gasteiger partial charge in [0.2, 0.25) is 10.0 Å². The standard InChI is InChI=1S/C20H23NO5S/c1-15-8-6-7-13-21(15)27(23,24)19-14-16(11-12-18(19)25-2)20(22)26-17-9-4-3-5-10-17/h3-5,9-12,14-15H,6-8,13H2,1-2H3. The predicted octanol–water partition coefficient (Wildman–Crippen LogP) is 3.48. The van der Waals surface area contributed by atoms with Gasteiger partial charge < -0.3 is 9.47 Å². The number of rotatable bonds is 5. The third kappa shape index (κ3) is 4.14. The second kappa shape index (κ2) is 8.10. The van der Waals surface area contributed by atoms with Crippen molar-refractivity contribution in [2.24, 2.45) is 0 Å². The van der Waals surface area contributed by atoms with Crippen LogP contribution in [0.4, 0.5) is 0 Å². The van der Waals surface area contributed by atoms with Crippen molar-refractivity contribution in [2.75, 3.05) is 13.7 Å². The van der Waals surface area contributed by atoms with Gasteiger partial charge in [-0.15, -0.1) is 0 Å². The molecule has 0 bridgehead atoms. The molecule has 1 fully saturated rings. The number of hydrogen-bond acceptors (Lipinski definition) is 5. The summed E-state index contributed by atoms with van der Waals surface area (Å²) in [7, 11) is -2.37. The summed E-state index contributed by atoms with van der Waals surface area (Å²) in [5.41, 5.74) is 0.155. The molecule has 0 radical (unpaired) electrons. The van der Waals surface area contributed by atoms with Crippen LogP contribution in [0.15, 0.2) is 53.4 Å². The molecule has 0 spiro atoms. The zero-order chi connectivity index (χ0) is 19.4. The molecule has 0 aromatic heterocycles. The van der Waals surface area contributed by atoms with E-state index in [9.17, 15) is 13.2 Å². The van der Waals surface area contributed by atoms with Crippen molar-refractivity contribution in [1.82, 2.24) is 4.31 Å². The van der Waals surface area contributed by atoms with Crippen molar-refractivity contribution in [3.05, 3.63) is 54.1 Å². The molecule has 6 nitrogen and oxygen atoms in total. The maximum Gasteiger partial charge on any atom is 0.343 e. The molecule has 1 saturated heterocycles. The van der Waals surface area contributed by atoms with E-state index in [1.54, 1.807) is 24.3 Å². The lowest BCUT2D eigenvalue weighted by molar-refractivity contribution is 0.0734. The van der Waals surface area contributed by atoms with Crippen molar-refractivity contribution >= 4 is 16.0 Å². The molecule has 7 heteroatoms. The number of methoxy groups -OCH3 is 1. The Hall–Kier alpha value is -2.38. The summed E-state index contributed by atoms with van der Waals surface area (Å²) in [6, 6.07) is 12.9. The summed E-state index contributed by atoms with van der Waals surface area (Å²) in [4.78, 5) is 12.4.